The van der Waals surface area contributed by atoms with Crippen LogP contribution in [0.3, 0.4) is 0 Å². The highest BCUT2D eigenvalue weighted by Crippen LogP contribution is 2.28. The minimum absolute atomic E-state index is 0.0459. The van der Waals surface area contributed by atoms with Crippen molar-refractivity contribution in [3.63, 3.8) is 0 Å². The quantitative estimate of drug-likeness (QED) is 0.670. The topological polar surface area (TPSA) is 38.7 Å². The smallest absolute Gasteiger partial charge is 0.122 e. The zero-order valence-electron chi connectivity index (χ0n) is 15.7. The van der Waals surface area contributed by atoms with Crippen LogP contribution >= 0.6 is 0 Å². The summed E-state index contributed by atoms with van der Waals surface area (Å²) < 4.78 is 11.7. The van der Waals surface area contributed by atoms with E-state index in [2.05, 4.69) is 19.6 Å². The van der Waals surface area contributed by atoms with Crippen molar-refractivity contribution in [1.29, 1.82) is 0 Å². The molecule has 3 heteroatoms. The molecule has 0 amide bonds. The van der Waals surface area contributed by atoms with Gasteiger partial charge in [0.05, 0.1) is 12.7 Å². The van der Waals surface area contributed by atoms with E-state index in [0.29, 0.717) is 19.0 Å². The highest BCUT2D eigenvalue weighted by atomic mass is 16.5. The van der Waals surface area contributed by atoms with E-state index in [9.17, 15) is 5.11 Å². The van der Waals surface area contributed by atoms with Crippen molar-refractivity contribution >= 4 is 6.08 Å². The summed E-state index contributed by atoms with van der Waals surface area (Å²) in [6.45, 7) is 7.35. The van der Waals surface area contributed by atoms with Gasteiger partial charge in [0.2, 0.25) is 0 Å². The molecule has 0 saturated heterocycles. The van der Waals surface area contributed by atoms with Crippen LogP contribution in [-0.4, -0.2) is 24.4 Å². The SMILES string of the molecule is C=C(COc1ccccc1)C1=CCOC1CC/C(C)=C/c1ccccc1O. The average Bonchev–Trinajstić information content (AvgIpc) is 3.16. The molecule has 0 aromatic heterocycles. The summed E-state index contributed by atoms with van der Waals surface area (Å²) in [4.78, 5) is 0. The Morgan fingerprint density at radius 3 is 2.70 bits per heavy atom. The van der Waals surface area contributed by atoms with Gasteiger partial charge in [-0.1, -0.05) is 60.7 Å². The van der Waals surface area contributed by atoms with Gasteiger partial charge >= 0.3 is 0 Å². The molecule has 0 bridgehead atoms. The molecule has 1 aliphatic heterocycles. The Morgan fingerprint density at radius 2 is 1.93 bits per heavy atom. The lowest BCUT2D eigenvalue weighted by Gasteiger charge is -2.17. The summed E-state index contributed by atoms with van der Waals surface area (Å²) in [5, 5.41) is 9.90. The Balaban J connectivity index is 1.53. The second kappa shape index (κ2) is 9.24. The van der Waals surface area contributed by atoms with Crippen LogP contribution in [0.1, 0.15) is 25.3 Å². The van der Waals surface area contributed by atoms with Gasteiger partial charge < -0.3 is 14.6 Å². The molecule has 2 aromatic rings. The molecule has 0 saturated carbocycles. The monoisotopic (exact) mass is 362 g/mol. The van der Waals surface area contributed by atoms with Crippen molar-refractivity contribution in [2.45, 2.75) is 25.9 Å². The third kappa shape index (κ3) is 5.35. The molecule has 1 aliphatic rings. The fraction of sp³-hybridized carbons (Fsp3) is 0.250. The van der Waals surface area contributed by atoms with Gasteiger partial charge in [-0.15, -0.1) is 0 Å². The molecule has 3 nitrogen and oxygen atoms in total. The Bertz CT molecular complexity index is 834. The third-order valence-corrected chi connectivity index (χ3v) is 4.65. The maximum Gasteiger partial charge on any atom is 0.122 e. The number of benzene rings is 2. The standard InChI is InChI=1S/C24H26O3/c1-18(16-20-8-6-7-11-23(20)25)12-13-24-22(14-15-26-24)19(2)17-27-21-9-4-3-5-10-21/h3-11,14,16,24-25H,2,12-13,15,17H2,1H3/b18-16+. The van der Waals surface area contributed by atoms with Crippen molar-refractivity contribution in [3.8, 4) is 11.5 Å². The van der Waals surface area contributed by atoms with Crippen molar-refractivity contribution < 1.29 is 14.6 Å². The minimum Gasteiger partial charge on any atom is -0.507 e. The maximum absolute atomic E-state index is 9.90. The fourth-order valence-corrected chi connectivity index (χ4v) is 3.16. The van der Waals surface area contributed by atoms with Gasteiger partial charge in [-0.3, -0.25) is 0 Å². The zero-order chi connectivity index (χ0) is 19.1. The van der Waals surface area contributed by atoms with Gasteiger partial charge in [-0.25, -0.2) is 0 Å². The van der Waals surface area contributed by atoms with Crippen LogP contribution in [-0.2, 0) is 4.74 Å². The number of hydrogen-bond donors (Lipinski definition) is 1. The zero-order valence-corrected chi connectivity index (χ0v) is 15.7. The second-order valence-electron chi connectivity index (χ2n) is 6.77. The first-order chi connectivity index (χ1) is 13.1. The van der Waals surface area contributed by atoms with Crippen LogP contribution in [0.15, 0.2) is 84.0 Å². The Hall–Kier alpha value is -2.78. The van der Waals surface area contributed by atoms with Crippen LogP contribution in [0, 0.1) is 0 Å². The number of hydrogen-bond acceptors (Lipinski definition) is 3. The number of aromatic hydroxyl groups is 1. The van der Waals surface area contributed by atoms with Gasteiger partial charge in [0.15, 0.2) is 0 Å². The summed E-state index contributed by atoms with van der Waals surface area (Å²) in [5.41, 5.74) is 4.15. The molecular formula is C24H26O3. The lowest BCUT2D eigenvalue weighted by Crippen LogP contribution is -2.14. The van der Waals surface area contributed by atoms with Gasteiger partial charge in [-0.05, 0) is 49.1 Å². The van der Waals surface area contributed by atoms with E-state index in [4.69, 9.17) is 9.47 Å². The van der Waals surface area contributed by atoms with Gasteiger partial charge in [0.1, 0.15) is 18.1 Å². The predicted octanol–water partition coefficient (Wildman–Crippen LogP) is 5.54. The molecule has 0 fully saturated rings. The molecule has 1 atom stereocenters. The Morgan fingerprint density at radius 1 is 1.19 bits per heavy atom. The number of allylic oxidation sites excluding steroid dienone is 1. The largest absolute Gasteiger partial charge is 0.507 e. The molecule has 140 valence electrons. The van der Waals surface area contributed by atoms with Crippen LogP contribution in [0.25, 0.3) is 6.08 Å². The van der Waals surface area contributed by atoms with E-state index in [-0.39, 0.29) is 6.10 Å². The molecule has 3 rings (SSSR count). The normalized spacial score (nSPS) is 16.9. The number of ether oxygens (including phenoxy) is 2. The predicted molar refractivity (Wildman–Crippen MR) is 110 cm³/mol. The minimum atomic E-state index is 0.0459. The van der Waals surface area contributed by atoms with Gasteiger partial charge in [0, 0.05) is 5.56 Å². The molecule has 27 heavy (non-hydrogen) atoms. The van der Waals surface area contributed by atoms with E-state index in [1.807, 2.05) is 54.6 Å². The van der Waals surface area contributed by atoms with Crippen LogP contribution in [0.2, 0.25) is 0 Å². The lowest BCUT2D eigenvalue weighted by atomic mass is 9.97. The van der Waals surface area contributed by atoms with Crippen molar-refractivity contribution in [2.75, 3.05) is 13.2 Å². The first-order valence-corrected chi connectivity index (χ1v) is 9.26. The van der Waals surface area contributed by atoms with Gasteiger partial charge in [0.25, 0.3) is 0 Å². The number of phenolic OH excluding ortho intramolecular Hbond substituents is 1. The Labute approximate surface area is 161 Å². The summed E-state index contributed by atoms with van der Waals surface area (Å²) in [6, 6.07) is 17.1. The number of rotatable bonds is 8. The lowest BCUT2D eigenvalue weighted by molar-refractivity contribution is 0.116. The highest BCUT2D eigenvalue weighted by Gasteiger charge is 2.22. The van der Waals surface area contributed by atoms with Crippen LogP contribution in [0.5, 0.6) is 11.5 Å². The second-order valence-corrected chi connectivity index (χ2v) is 6.77. The number of phenols is 1. The summed E-state index contributed by atoms with van der Waals surface area (Å²) >= 11 is 0. The molecular weight excluding hydrogens is 336 g/mol. The maximum atomic E-state index is 9.90. The van der Waals surface area contributed by atoms with E-state index in [1.54, 1.807) is 6.07 Å². The van der Waals surface area contributed by atoms with E-state index in [1.165, 1.54) is 5.57 Å². The molecule has 1 heterocycles. The molecule has 1 N–H and O–H groups in total. The number of para-hydroxylation sites is 2. The average molecular weight is 362 g/mol. The summed E-state index contributed by atoms with van der Waals surface area (Å²) in [6.07, 6.45) is 5.95. The molecule has 0 spiro atoms. The van der Waals surface area contributed by atoms with Crippen LogP contribution < -0.4 is 4.74 Å². The first-order valence-electron chi connectivity index (χ1n) is 9.26. The van der Waals surface area contributed by atoms with E-state index >= 15 is 0 Å². The summed E-state index contributed by atoms with van der Waals surface area (Å²) in [7, 11) is 0. The highest BCUT2D eigenvalue weighted by molar-refractivity contribution is 5.58. The molecule has 2 aromatic carbocycles. The van der Waals surface area contributed by atoms with Gasteiger partial charge in [-0.2, -0.15) is 0 Å². The first kappa shape index (κ1) is 19.0. The molecule has 0 radical (unpaired) electrons. The fourth-order valence-electron chi connectivity index (χ4n) is 3.16. The van der Waals surface area contributed by atoms with Crippen molar-refractivity contribution in [3.05, 3.63) is 89.5 Å². The van der Waals surface area contributed by atoms with E-state index in [0.717, 1.165) is 35.3 Å². The van der Waals surface area contributed by atoms with Crippen molar-refractivity contribution in [1.82, 2.24) is 0 Å². The summed E-state index contributed by atoms with van der Waals surface area (Å²) in [5.74, 6) is 1.15. The van der Waals surface area contributed by atoms with Crippen LogP contribution in [0.4, 0.5) is 0 Å². The molecule has 0 aliphatic carbocycles. The third-order valence-electron chi connectivity index (χ3n) is 4.65. The molecule has 1 unspecified atom stereocenters. The Kier molecular flexibility index (Phi) is 6.50. The van der Waals surface area contributed by atoms with Crippen molar-refractivity contribution in [2.24, 2.45) is 0 Å². The van der Waals surface area contributed by atoms with E-state index < -0.39 is 0 Å².